The molecule has 0 unspecified atom stereocenters. The van der Waals surface area contributed by atoms with Crippen molar-refractivity contribution < 1.29 is 14.6 Å². The average Bonchev–Trinajstić information content (AvgIpc) is 3.45. The van der Waals surface area contributed by atoms with Gasteiger partial charge in [0.05, 0.1) is 18.2 Å². The summed E-state index contributed by atoms with van der Waals surface area (Å²) in [5.74, 6) is 0. The molecule has 35 heavy (non-hydrogen) atoms. The number of carbonyl (C=O) groups excluding carboxylic acids is 1. The summed E-state index contributed by atoms with van der Waals surface area (Å²) in [7, 11) is 0. The molecule has 5 heteroatoms. The first-order valence-corrected chi connectivity index (χ1v) is 12.4. The highest BCUT2D eigenvalue weighted by Crippen LogP contribution is 2.50. The first-order chi connectivity index (χ1) is 16.9. The molecule has 2 aliphatic rings. The second-order valence-corrected chi connectivity index (χ2v) is 10.6. The van der Waals surface area contributed by atoms with Crippen LogP contribution in [0.2, 0.25) is 0 Å². The van der Waals surface area contributed by atoms with Crippen LogP contribution in [-0.2, 0) is 10.3 Å². The molecule has 3 aromatic carbocycles. The Morgan fingerprint density at radius 1 is 0.857 bits per heavy atom. The van der Waals surface area contributed by atoms with E-state index in [-0.39, 0.29) is 30.8 Å². The van der Waals surface area contributed by atoms with Gasteiger partial charge in [0.1, 0.15) is 5.60 Å². The molecule has 0 aromatic heterocycles. The van der Waals surface area contributed by atoms with E-state index in [9.17, 15) is 9.90 Å². The van der Waals surface area contributed by atoms with Crippen LogP contribution in [-0.4, -0.2) is 57.9 Å². The number of carbonyl (C=O) groups is 1. The van der Waals surface area contributed by atoms with Crippen LogP contribution in [0.3, 0.4) is 0 Å². The number of piperazine rings is 1. The Hall–Kier alpha value is -3.15. The van der Waals surface area contributed by atoms with Crippen molar-refractivity contribution in [3.63, 3.8) is 0 Å². The number of aliphatic hydroxyl groups excluding tert-OH is 1. The summed E-state index contributed by atoms with van der Waals surface area (Å²) in [6.45, 7) is 6.23. The molecular weight excluding hydrogens is 436 g/mol. The zero-order chi connectivity index (χ0) is 24.6. The number of aliphatic hydroxyl groups is 1. The van der Waals surface area contributed by atoms with Gasteiger partial charge in [0.2, 0.25) is 0 Å². The molecule has 182 valence electrons. The first kappa shape index (κ1) is 23.6. The molecule has 3 atom stereocenters. The fourth-order valence-electron chi connectivity index (χ4n) is 6.10. The molecule has 5 nitrogen and oxygen atoms in total. The summed E-state index contributed by atoms with van der Waals surface area (Å²) < 4.78 is 5.74. The summed E-state index contributed by atoms with van der Waals surface area (Å²) in [5.41, 5.74) is 2.37. The number of fused-ring (bicyclic) bond motifs is 2. The third-order valence-corrected chi connectivity index (χ3v) is 7.31. The van der Waals surface area contributed by atoms with Gasteiger partial charge in [0.15, 0.2) is 0 Å². The molecule has 0 radical (unpaired) electrons. The van der Waals surface area contributed by atoms with Gasteiger partial charge in [-0.15, -0.1) is 0 Å². The van der Waals surface area contributed by atoms with E-state index in [4.69, 9.17) is 4.74 Å². The van der Waals surface area contributed by atoms with Crippen LogP contribution in [0.25, 0.3) is 0 Å². The van der Waals surface area contributed by atoms with Crippen LogP contribution in [0.5, 0.6) is 0 Å². The fraction of sp³-hybridized carbons (Fsp3) is 0.367. The van der Waals surface area contributed by atoms with Crippen LogP contribution in [0.4, 0.5) is 4.79 Å². The summed E-state index contributed by atoms with van der Waals surface area (Å²) in [4.78, 5) is 17.5. The molecule has 0 aliphatic carbocycles. The number of amides is 1. The standard InChI is InChI=1S/C30H34N2O3/c1-29(2,3)35-28(34)32-25-19-26(27(32)21-33)31(20-25)30(22-13-7-4-8-14-22,23-15-9-5-10-16-23)24-17-11-6-12-18-24/h4-18,25-27,33H,19-21H2,1-3H3/t25-,26-,27+/m0/s1. The van der Waals surface area contributed by atoms with Gasteiger partial charge in [-0.1, -0.05) is 91.0 Å². The maximum absolute atomic E-state index is 13.2. The lowest BCUT2D eigenvalue weighted by Crippen LogP contribution is -2.62. The number of hydrogen-bond acceptors (Lipinski definition) is 4. The molecular formula is C30H34N2O3. The van der Waals surface area contributed by atoms with Gasteiger partial charge in [-0.25, -0.2) is 4.79 Å². The Kier molecular flexibility index (Phi) is 6.16. The second kappa shape index (κ2) is 9.14. The predicted octanol–water partition coefficient (Wildman–Crippen LogP) is 5.03. The van der Waals surface area contributed by atoms with Gasteiger partial charge >= 0.3 is 6.09 Å². The van der Waals surface area contributed by atoms with E-state index >= 15 is 0 Å². The van der Waals surface area contributed by atoms with E-state index in [0.717, 1.165) is 6.42 Å². The van der Waals surface area contributed by atoms with Gasteiger partial charge in [-0.05, 0) is 43.9 Å². The van der Waals surface area contributed by atoms with Crippen LogP contribution in [0, 0.1) is 0 Å². The van der Waals surface area contributed by atoms with E-state index in [0.29, 0.717) is 6.54 Å². The first-order valence-electron chi connectivity index (χ1n) is 12.4. The molecule has 0 saturated carbocycles. The van der Waals surface area contributed by atoms with Crippen molar-refractivity contribution in [1.29, 1.82) is 0 Å². The smallest absolute Gasteiger partial charge is 0.410 e. The Morgan fingerprint density at radius 2 is 1.31 bits per heavy atom. The van der Waals surface area contributed by atoms with Gasteiger partial charge in [-0.2, -0.15) is 0 Å². The topological polar surface area (TPSA) is 53.0 Å². The minimum atomic E-state index is -0.583. The lowest BCUT2D eigenvalue weighted by Gasteiger charge is -2.51. The summed E-state index contributed by atoms with van der Waals surface area (Å²) in [5, 5.41) is 10.5. The fourth-order valence-corrected chi connectivity index (χ4v) is 6.10. The van der Waals surface area contributed by atoms with Crippen LogP contribution >= 0.6 is 0 Å². The molecule has 0 spiro atoms. The number of ether oxygens (including phenoxy) is 1. The van der Waals surface area contributed by atoms with Crippen LogP contribution in [0.15, 0.2) is 91.0 Å². The number of nitrogens with zero attached hydrogens (tertiary/aromatic N) is 2. The van der Waals surface area contributed by atoms with Crippen molar-refractivity contribution in [1.82, 2.24) is 9.80 Å². The zero-order valence-electron chi connectivity index (χ0n) is 20.7. The minimum Gasteiger partial charge on any atom is -0.444 e. The minimum absolute atomic E-state index is 0.0156. The van der Waals surface area contributed by atoms with Crippen molar-refractivity contribution in [2.75, 3.05) is 13.2 Å². The van der Waals surface area contributed by atoms with Crippen molar-refractivity contribution in [3.05, 3.63) is 108 Å². The van der Waals surface area contributed by atoms with Crippen molar-refractivity contribution in [3.8, 4) is 0 Å². The molecule has 1 N–H and O–H groups in total. The molecule has 5 rings (SSSR count). The molecule has 3 aromatic rings. The van der Waals surface area contributed by atoms with Crippen molar-refractivity contribution in [2.45, 2.75) is 56.5 Å². The quantitative estimate of drug-likeness (QED) is 0.531. The highest BCUT2D eigenvalue weighted by molar-refractivity contribution is 5.70. The van der Waals surface area contributed by atoms with E-state index in [1.54, 1.807) is 4.90 Å². The molecule has 2 bridgehead atoms. The normalized spacial score (nSPS) is 22.4. The molecule has 2 heterocycles. The van der Waals surface area contributed by atoms with E-state index in [1.165, 1.54) is 16.7 Å². The number of likely N-dealkylation sites (tertiary alicyclic amines) is 2. The average molecular weight is 471 g/mol. The lowest BCUT2D eigenvalue weighted by atomic mass is 9.74. The van der Waals surface area contributed by atoms with E-state index < -0.39 is 11.1 Å². The number of hydrogen-bond donors (Lipinski definition) is 1. The maximum atomic E-state index is 13.2. The van der Waals surface area contributed by atoms with Crippen LogP contribution < -0.4 is 0 Å². The predicted molar refractivity (Wildman–Crippen MR) is 137 cm³/mol. The van der Waals surface area contributed by atoms with Gasteiger partial charge < -0.3 is 9.84 Å². The number of benzene rings is 3. The Labute approximate surface area is 208 Å². The third-order valence-electron chi connectivity index (χ3n) is 7.31. The lowest BCUT2D eigenvalue weighted by molar-refractivity contribution is -0.0261. The Bertz CT molecular complexity index is 1050. The Balaban J connectivity index is 1.65. The Morgan fingerprint density at radius 3 is 1.71 bits per heavy atom. The third kappa shape index (κ3) is 4.03. The largest absolute Gasteiger partial charge is 0.444 e. The summed E-state index contributed by atoms with van der Waals surface area (Å²) >= 11 is 0. The molecule has 2 saturated heterocycles. The SMILES string of the molecule is CC(C)(C)OC(=O)N1[C@H]2C[C@@H]([C@H]1CO)N(C(c1ccccc1)(c1ccccc1)c1ccccc1)C2. The number of rotatable bonds is 5. The monoisotopic (exact) mass is 470 g/mol. The van der Waals surface area contributed by atoms with E-state index in [1.807, 2.05) is 39.0 Å². The second-order valence-electron chi connectivity index (χ2n) is 10.6. The maximum Gasteiger partial charge on any atom is 0.410 e. The molecule has 1 amide bonds. The summed E-state index contributed by atoms with van der Waals surface area (Å²) in [6, 6.07) is 31.4. The highest BCUT2D eigenvalue weighted by atomic mass is 16.6. The van der Waals surface area contributed by atoms with Gasteiger partial charge in [0, 0.05) is 18.6 Å². The van der Waals surface area contributed by atoms with E-state index in [2.05, 4.69) is 77.7 Å². The molecule has 2 aliphatic heterocycles. The van der Waals surface area contributed by atoms with Gasteiger partial charge in [0.25, 0.3) is 0 Å². The molecule has 2 fully saturated rings. The van der Waals surface area contributed by atoms with Crippen LogP contribution in [0.1, 0.15) is 43.9 Å². The van der Waals surface area contributed by atoms with Gasteiger partial charge in [-0.3, -0.25) is 9.80 Å². The van der Waals surface area contributed by atoms with Crippen molar-refractivity contribution in [2.24, 2.45) is 0 Å². The highest BCUT2D eigenvalue weighted by Gasteiger charge is 2.59. The summed E-state index contributed by atoms with van der Waals surface area (Å²) in [6.07, 6.45) is 0.465. The zero-order valence-corrected chi connectivity index (χ0v) is 20.7. The van der Waals surface area contributed by atoms with Crippen molar-refractivity contribution >= 4 is 6.09 Å².